The predicted molar refractivity (Wildman–Crippen MR) is 61.6 cm³/mol. The third-order valence-electron chi connectivity index (χ3n) is 2.38. The second kappa shape index (κ2) is 4.80. The summed E-state index contributed by atoms with van der Waals surface area (Å²) in [5.41, 5.74) is 1.71. The zero-order valence-electron chi connectivity index (χ0n) is 9.29. The summed E-state index contributed by atoms with van der Waals surface area (Å²) in [6.45, 7) is -0.0926. The number of phenolic OH excluding ortho intramolecular Hbond substituents is 1. The summed E-state index contributed by atoms with van der Waals surface area (Å²) < 4.78 is 5.04. The molecule has 5 nitrogen and oxygen atoms in total. The fraction of sp³-hybridized carbons (Fsp3) is 0.167. The molecule has 17 heavy (non-hydrogen) atoms. The van der Waals surface area contributed by atoms with Crippen molar-refractivity contribution >= 4 is 0 Å². The number of aromatic hydroxyl groups is 1. The average molecular weight is 232 g/mol. The SMILES string of the molecule is COc1cnnc(-c2cc(CO)ccc2O)c1. The Labute approximate surface area is 98.3 Å². The average Bonchev–Trinajstić information content (AvgIpc) is 2.39. The number of hydrogen-bond donors (Lipinski definition) is 2. The van der Waals surface area contributed by atoms with E-state index < -0.39 is 0 Å². The molecule has 0 aliphatic heterocycles. The Morgan fingerprint density at radius 1 is 1.29 bits per heavy atom. The van der Waals surface area contributed by atoms with Crippen molar-refractivity contribution in [1.29, 1.82) is 0 Å². The van der Waals surface area contributed by atoms with Gasteiger partial charge in [0, 0.05) is 11.6 Å². The second-order valence-corrected chi connectivity index (χ2v) is 3.49. The van der Waals surface area contributed by atoms with Gasteiger partial charge in [0.2, 0.25) is 0 Å². The fourth-order valence-corrected chi connectivity index (χ4v) is 1.48. The van der Waals surface area contributed by atoms with Gasteiger partial charge in [-0.15, -0.1) is 0 Å². The van der Waals surface area contributed by atoms with Crippen LogP contribution in [0.25, 0.3) is 11.3 Å². The zero-order chi connectivity index (χ0) is 12.3. The Balaban J connectivity index is 2.50. The van der Waals surface area contributed by atoms with Crippen LogP contribution in [0.15, 0.2) is 30.5 Å². The van der Waals surface area contributed by atoms with Crippen LogP contribution >= 0.6 is 0 Å². The smallest absolute Gasteiger partial charge is 0.141 e. The van der Waals surface area contributed by atoms with E-state index in [-0.39, 0.29) is 12.4 Å². The van der Waals surface area contributed by atoms with E-state index in [4.69, 9.17) is 9.84 Å². The lowest BCUT2D eigenvalue weighted by Crippen LogP contribution is -1.92. The predicted octanol–water partition coefficient (Wildman–Crippen LogP) is 1.35. The van der Waals surface area contributed by atoms with Crippen molar-refractivity contribution in [3.05, 3.63) is 36.0 Å². The lowest BCUT2D eigenvalue weighted by Gasteiger charge is -2.06. The Morgan fingerprint density at radius 3 is 2.82 bits per heavy atom. The number of aliphatic hydroxyl groups is 1. The summed E-state index contributed by atoms with van der Waals surface area (Å²) in [5.74, 6) is 0.647. The molecule has 0 aliphatic carbocycles. The minimum atomic E-state index is -0.0926. The molecule has 2 N–H and O–H groups in total. The molecule has 5 heteroatoms. The first-order chi connectivity index (χ1) is 8.24. The monoisotopic (exact) mass is 232 g/mol. The molecular formula is C12H12N2O3. The maximum absolute atomic E-state index is 9.76. The molecule has 2 rings (SSSR count). The van der Waals surface area contributed by atoms with Gasteiger partial charge in [-0.05, 0) is 17.7 Å². The van der Waals surface area contributed by atoms with Gasteiger partial charge in [-0.1, -0.05) is 6.07 Å². The number of ether oxygens (including phenoxy) is 1. The molecule has 0 amide bonds. The second-order valence-electron chi connectivity index (χ2n) is 3.49. The normalized spacial score (nSPS) is 10.2. The third-order valence-corrected chi connectivity index (χ3v) is 2.38. The van der Waals surface area contributed by atoms with Gasteiger partial charge >= 0.3 is 0 Å². The highest BCUT2D eigenvalue weighted by atomic mass is 16.5. The van der Waals surface area contributed by atoms with E-state index in [1.807, 2.05) is 0 Å². The van der Waals surface area contributed by atoms with E-state index in [9.17, 15) is 5.11 Å². The molecule has 1 aromatic carbocycles. The van der Waals surface area contributed by atoms with Gasteiger partial charge in [-0.2, -0.15) is 10.2 Å². The third kappa shape index (κ3) is 2.34. The van der Waals surface area contributed by atoms with Crippen LogP contribution in [0.1, 0.15) is 5.56 Å². The molecule has 0 unspecified atom stereocenters. The number of methoxy groups -OCH3 is 1. The minimum absolute atomic E-state index is 0.0877. The summed E-state index contributed by atoms with van der Waals surface area (Å²) in [7, 11) is 1.53. The van der Waals surface area contributed by atoms with Crippen LogP contribution in [-0.2, 0) is 6.61 Å². The van der Waals surface area contributed by atoms with Crippen LogP contribution in [0.4, 0.5) is 0 Å². The summed E-state index contributed by atoms with van der Waals surface area (Å²) in [4.78, 5) is 0. The molecule has 0 radical (unpaired) electrons. The lowest BCUT2D eigenvalue weighted by molar-refractivity contribution is 0.282. The number of aromatic nitrogens is 2. The lowest BCUT2D eigenvalue weighted by atomic mass is 10.1. The summed E-state index contributed by atoms with van der Waals surface area (Å²) >= 11 is 0. The number of rotatable bonds is 3. The Morgan fingerprint density at radius 2 is 2.12 bits per heavy atom. The first-order valence-corrected chi connectivity index (χ1v) is 5.04. The van der Waals surface area contributed by atoms with Gasteiger partial charge in [-0.3, -0.25) is 0 Å². The van der Waals surface area contributed by atoms with Crippen LogP contribution in [0.3, 0.4) is 0 Å². The Kier molecular flexibility index (Phi) is 3.20. The standard InChI is InChI=1S/C12H12N2O3/c1-17-9-5-11(14-13-6-9)10-4-8(7-15)2-3-12(10)16/h2-6,15-16H,7H2,1H3. The topological polar surface area (TPSA) is 75.5 Å². The first kappa shape index (κ1) is 11.3. The van der Waals surface area contributed by atoms with Gasteiger partial charge in [-0.25, -0.2) is 0 Å². The highest BCUT2D eigenvalue weighted by molar-refractivity contribution is 5.68. The van der Waals surface area contributed by atoms with E-state index in [0.29, 0.717) is 22.6 Å². The quantitative estimate of drug-likeness (QED) is 0.835. The van der Waals surface area contributed by atoms with Crippen molar-refractivity contribution in [2.45, 2.75) is 6.61 Å². The maximum atomic E-state index is 9.76. The van der Waals surface area contributed by atoms with E-state index in [2.05, 4.69) is 10.2 Å². The van der Waals surface area contributed by atoms with Crippen molar-refractivity contribution in [3.63, 3.8) is 0 Å². The van der Waals surface area contributed by atoms with Gasteiger partial charge in [0.25, 0.3) is 0 Å². The highest BCUT2D eigenvalue weighted by Crippen LogP contribution is 2.29. The van der Waals surface area contributed by atoms with Gasteiger partial charge in [0.05, 0.1) is 19.9 Å². The van der Waals surface area contributed by atoms with Gasteiger partial charge < -0.3 is 14.9 Å². The summed E-state index contributed by atoms with van der Waals surface area (Å²) in [5, 5.41) is 26.5. The molecule has 0 fully saturated rings. The number of phenols is 1. The van der Waals surface area contributed by atoms with E-state index >= 15 is 0 Å². The summed E-state index contributed by atoms with van der Waals surface area (Å²) in [6, 6.07) is 6.50. The number of aliphatic hydroxyl groups excluding tert-OH is 1. The Hall–Kier alpha value is -2.14. The van der Waals surface area contributed by atoms with Crippen molar-refractivity contribution < 1.29 is 14.9 Å². The molecule has 0 saturated heterocycles. The molecule has 0 atom stereocenters. The number of benzene rings is 1. The van der Waals surface area contributed by atoms with Crippen LogP contribution in [0, 0.1) is 0 Å². The Bertz CT molecular complexity index is 529. The summed E-state index contributed by atoms with van der Waals surface area (Å²) in [6.07, 6.45) is 1.48. The molecule has 2 aromatic rings. The molecule has 1 aromatic heterocycles. The van der Waals surface area contributed by atoms with Crippen molar-refractivity contribution in [2.24, 2.45) is 0 Å². The van der Waals surface area contributed by atoms with Crippen LogP contribution in [0.2, 0.25) is 0 Å². The molecule has 0 aliphatic rings. The highest BCUT2D eigenvalue weighted by Gasteiger charge is 2.08. The molecule has 88 valence electrons. The zero-order valence-corrected chi connectivity index (χ0v) is 9.29. The molecule has 1 heterocycles. The first-order valence-electron chi connectivity index (χ1n) is 5.04. The van der Waals surface area contributed by atoms with Crippen LogP contribution in [-0.4, -0.2) is 27.5 Å². The molecule has 0 spiro atoms. The van der Waals surface area contributed by atoms with Crippen LogP contribution in [0.5, 0.6) is 11.5 Å². The number of nitrogens with zero attached hydrogens (tertiary/aromatic N) is 2. The molecular weight excluding hydrogens is 220 g/mol. The van der Waals surface area contributed by atoms with E-state index in [0.717, 1.165) is 0 Å². The van der Waals surface area contributed by atoms with Crippen molar-refractivity contribution in [1.82, 2.24) is 10.2 Å². The van der Waals surface area contributed by atoms with E-state index in [1.54, 1.807) is 18.2 Å². The largest absolute Gasteiger partial charge is 0.507 e. The minimum Gasteiger partial charge on any atom is -0.507 e. The van der Waals surface area contributed by atoms with E-state index in [1.165, 1.54) is 19.4 Å². The molecule has 0 saturated carbocycles. The molecule has 0 bridgehead atoms. The maximum Gasteiger partial charge on any atom is 0.141 e. The number of hydrogen-bond acceptors (Lipinski definition) is 5. The van der Waals surface area contributed by atoms with Crippen molar-refractivity contribution in [2.75, 3.05) is 7.11 Å². The van der Waals surface area contributed by atoms with Gasteiger partial charge in [0.15, 0.2) is 0 Å². The van der Waals surface area contributed by atoms with Crippen LogP contribution < -0.4 is 4.74 Å². The van der Waals surface area contributed by atoms with Gasteiger partial charge in [0.1, 0.15) is 17.2 Å². The van der Waals surface area contributed by atoms with Crippen molar-refractivity contribution in [3.8, 4) is 22.8 Å². The fourth-order valence-electron chi connectivity index (χ4n) is 1.48.